The number of carboxylic acid groups (broad SMARTS) is 1. The van der Waals surface area contributed by atoms with Crippen LogP contribution in [0.15, 0.2) is 24.3 Å². The number of ether oxygens (including phenoxy) is 1. The molecule has 0 fully saturated rings. The summed E-state index contributed by atoms with van der Waals surface area (Å²) in [6, 6.07) is 6.07. The van der Waals surface area contributed by atoms with Gasteiger partial charge in [-0.3, -0.25) is 10.1 Å². The summed E-state index contributed by atoms with van der Waals surface area (Å²) in [7, 11) is 0. The average Bonchev–Trinajstić information content (AvgIpc) is 2.25. The number of hydrogen-bond acceptors (Lipinski definition) is 4. The Kier molecular flexibility index (Phi) is 3.96. The van der Waals surface area contributed by atoms with E-state index < -0.39 is 17.0 Å². The number of para-hydroxylation sites is 1. The molecule has 0 radical (unpaired) electrons. The summed E-state index contributed by atoms with van der Waals surface area (Å²) < 4.78 is 4.98. The normalized spacial score (nSPS) is 12.1. The molecule has 1 rings (SSSR count). The van der Waals surface area contributed by atoms with Gasteiger partial charge in [0, 0.05) is 6.07 Å². The maximum absolute atomic E-state index is 10.6. The number of aliphatic carboxylic acids is 1. The van der Waals surface area contributed by atoms with Crippen molar-refractivity contribution < 1.29 is 19.6 Å². The number of nitro benzene ring substituents is 1. The van der Waals surface area contributed by atoms with Crippen LogP contribution in [0.4, 0.5) is 5.69 Å². The van der Waals surface area contributed by atoms with E-state index in [0.717, 1.165) is 0 Å². The van der Waals surface area contributed by atoms with Gasteiger partial charge in [-0.05, 0) is 13.0 Å². The fraction of sp³-hybridized carbons (Fsp3) is 0.300. The van der Waals surface area contributed by atoms with E-state index in [9.17, 15) is 14.9 Å². The van der Waals surface area contributed by atoms with Gasteiger partial charge >= 0.3 is 5.97 Å². The molecule has 86 valence electrons. The summed E-state index contributed by atoms with van der Waals surface area (Å²) in [6.45, 7) is 1.28. The molecule has 0 heterocycles. The zero-order valence-corrected chi connectivity index (χ0v) is 8.62. The van der Waals surface area contributed by atoms with Crippen molar-refractivity contribution in [2.45, 2.75) is 19.6 Å². The Bertz CT molecular complexity index is 404. The van der Waals surface area contributed by atoms with Crippen molar-refractivity contribution in [1.82, 2.24) is 0 Å². The molecular formula is C10H11NO5. The maximum atomic E-state index is 10.6. The van der Waals surface area contributed by atoms with Crippen LogP contribution in [0.1, 0.15) is 12.5 Å². The standard InChI is InChI=1S/C10H11NO5/c1-7(10(12)13)16-6-8-4-2-3-5-9(8)11(14)15/h2-5,7H,6H2,1H3,(H,12,13)/t7-/m0/s1. The summed E-state index contributed by atoms with van der Waals surface area (Å²) in [5.41, 5.74) is 0.292. The maximum Gasteiger partial charge on any atom is 0.332 e. The minimum atomic E-state index is -1.10. The molecule has 1 aromatic rings. The van der Waals surface area contributed by atoms with Gasteiger partial charge in [-0.1, -0.05) is 12.1 Å². The summed E-state index contributed by atoms with van der Waals surface area (Å²) in [5.74, 6) is -1.10. The molecule has 0 saturated carbocycles. The van der Waals surface area contributed by atoms with E-state index in [2.05, 4.69) is 0 Å². The second kappa shape index (κ2) is 5.22. The van der Waals surface area contributed by atoms with Gasteiger partial charge in [-0.2, -0.15) is 0 Å². The largest absolute Gasteiger partial charge is 0.479 e. The van der Waals surface area contributed by atoms with E-state index in [1.54, 1.807) is 12.1 Å². The Morgan fingerprint density at radius 3 is 2.75 bits per heavy atom. The average molecular weight is 225 g/mol. The highest BCUT2D eigenvalue weighted by Gasteiger charge is 2.16. The smallest absolute Gasteiger partial charge is 0.332 e. The molecule has 6 nitrogen and oxygen atoms in total. The van der Waals surface area contributed by atoms with E-state index in [1.165, 1.54) is 19.1 Å². The number of carboxylic acids is 1. The monoisotopic (exact) mass is 225 g/mol. The minimum Gasteiger partial charge on any atom is -0.479 e. The third-order valence-electron chi connectivity index (χ3n) is 2.02. The predicted octanol–water partition coefficient (Wildman–Crippen LogP) is 1.58. The molecule has 1 atom stereocenters. The lowest BCUT2D eigenvalue weighted by atomic mass is 10.2. The first kappa shape index (κ1) is 12.1. The molecule has 0 bridgehead atoms. The Morgan fingerprint density at radius 1 is 1.56 bits per heavy atom. The summed E-state index contributed by atoms with van der Waals surface area (Å²) in [5, 5.41) is 19.2. The van der Waals surface area contributed by atoms with Gasteiger partial charge in [0.1, 0.15) is 0 Å². The van der Waals surface area contributed by atoms with Crippen LogP contribution in [-0.4, -0.2) is 22.1 Å². The van der Waals surface area contributed by atoms with Gasteiger partial charge in [0.25, 0.3) is 5.69 Å². The van der Waals surface area contributed by atoms with Crippen LogP contribution in [-0.2, 0) is 16.1 Å². The predicted molar refractivity (Wildman–Crippen MR) is 55.0 cm³/mol. The second-order valence-corrected chi connectivity index (χ2v) is 3.18. The van der Waals surface area contributed by atoms with Crippen molar-refractivity contribution >= 4 is 11.7 Å². The minimum absolute atomic E-state index is 0.0694. The van der Waals surface area contributed by atoms with Crippen molar-refractivity contribution in [1.29, 1.82) is 0 Å². The highest BCUT2D eigenvalue weighted by molar-refractivity contribution is 5.71. The van der Waals surface area contributed by atoms with E-state index >= 15 is 0 Å². The molecule has 1 aromatic carbocycles. The fourth-order valence-electron chi connectivity index (χ4n) is 1.10. The topological polar surface area (TPSA) is 89.7 Å². The van der Waals surface area contributed by atoms with Gasteiger partial charge in [0.05, 0.1) is 17.1 Å². The summed E-state index contributed by atoms with van der Waals surface area (Å²) in [6.07, 6.45) is -0.986. The zero-order chi connectivity index (χ0) is 12.1. The molecule has 6 heteroatoms. The van der Waals surface area contributed by atoms with E-state index in [0.29, 0.717) is 5.56 Å². The van der Waals surface area contributed by atoms with Crippen LogP contribution in [0.25, 0.3) is 0 Å². The highest BCUT2D eigenvalue weighted by Crippen LogP contribution is 2.18. The molecule has 0 saturated heterocycles. The van der Waals surface area contributed by atoms with Gasteiger partial charge < -0.3 is 9.84 Å². The number of benzene rings is 1. The number of rotatable bonds is 5. The number of nitrogens with zero attached hydrogens (tertiary/aromatic N) is 1. The van der Waals surface area contributed by atoms with Crippen LogP contribution in [0.2, 0.25) is 0 Å². The van der Waals surface area contributed by atoms with Crippen molar-refractivity contribution in [2.75, 3.05) is 0 Å². The molecule has 0 aromatic heterocycles. The lowest BCUT2D eigenvalue weighted by molar-refractivity contribution is -0.386. The molecule has 0 spiro atoms. The number of hydrogen-bond donors (Lipinski definition) is 1. The Labute approximate surface area is 91.6 Å². The first-order valence-corrected chi connectivity index (χ1v) is 4.59. The molecular weight excluding hydrogens is 214 g/mol. The molecule has 1 N–H and O–H groups in total. The van der Waals surface area contributed by atoms with E-state index in [-0.39, 0.29) is 12.3 Å². The van der Waals surface area contributed by atoms with E-state index in [1.807, 2.05) is 0 Å². The van der Waals surface area contributed by atoms with E-state index in [4.69, 9.17) is 9.84 Å². The van der Waals surface area contributed by atoms with Crippen LogP contribution < -0.4 is 0 Å². The fourth-order valence-corrected chi connectivity index (χ4v) is 1.10. The van der Waals surface area contributed by atoms with Crippen molar-refractivity contribution in [3.05, 3.63) is 39.9 Å². The highest BCUT2D eigenvalue weighted by atomic mass is 16.6. The lowest BCUT2D eigenvalue weighted by Crippen LogP contribution is -2.19. The van der Waals surface area contributed by atoms with Gasteiger partial charge in [0.2, 0.25) is 0 Å². The first-order chi connectivity index (χ1) is 7.52. The number of nitro groups is 1. The van der Waals surface area contributed by atoms with Gasteiger partial charge in [0.15, 0.2) is 6.10 Å². The van der Waals surface area contributed by atoms with Crippen LogP contribution in [0.3, 0.4) is 0 Å². The van der Waals surface area contributed by atoms with Crippen molar-refractivity contribution in [3.63, 3.8) is 0 Å². The van der Waals surface area contributed by atoms with Crippen LogP contribution in [0, 0.1) is 10.1 Å². The Hall–Kier alpha value is -1.95. The Balaban J connectivity index is 2.74. The second-order valence-electron chi connectivity index (χ2n) is 3.18. The molecule has 0 amide bonds. The van der Waals surface area contributed by atoms with Crippen molar-refractivity contribution in [2.24, 2.45) is 0 Å². The first-order valence-electron chi connectivity index (χ1n) is 4.59. The molecule has 0 unspecified atom stereocenters. The molecule has 0 aliphatic carbocycles. The molecule has 16 heavy (non-hydrogen) atoms. The quantitative estimate of drug-likeness (QED) is 0.607. The van der Waals surface area contributed by atoms with Crippen LogP contribution >= 0.6 is 0 Å². The van der Waals surface area contributed by atoms with Crippen molar-refractivity contribution in [3.8, 4) is 0 Å². The zero-order valence-electron chi connectivity index (χ0n) is 8.62. The Morgan fingerprint density at radius 2 is 2.19 bits per heavy atom. The third-order valence-corrected chi connectivity index (χ3v) is 2.02. The molecule has 0 aliphatic heterocycles. The van der Waals surface area contributed by atoms with Gasteiger partial charge in [-0.15, -0.1) is 0 Å². The summed E-state index contributed by atoms with van der Waals surface area (Å²) in [4.78, 5) is 20.6. The summed E-state index contributed by atoms with van der Waals surface area (Å²) >= 11 is 0. The molecule has 0 aliphatic rings. The SMILES string of the molecule is C[C@H](OCc1ccccc1[N+](=O)[O-])C(=O)O. The van der Waals surface area contributed by atoms with Crippen LogP contribution in [0.5, 0.6) is 0 Å². The number of carbonyl (C=O) groups is 1. The third kappa shape index (κ3) is 3.03. The lowest BCUT2D eigenvalue weighted by Gasteiger charge is -2.08. The van der Waals surface area contributed by atoms with Gasteiger partial charge in [-0.25, -0.2) is 4.79 Å².